The number of hydrogen-bond acceptors (Lipinski definition) is 10. The zero-order chi connectivity index (χ0) is 31.5. The van der Waals surface area contributed by atoms with E-state index in [1.54, 1.807) is 6.08 Å². The van der Waals surface area contributed by atoms with Gasteiger partial charge in [0.15, 0.2) is 17.4 Å². The first-order valence-electron chi connectivity index (χ1n) is 14.8. The Morgan fingerprint density at radius 1 is 1.22 bits per heavy atom. The molecule has 0 radical (unpaired) electrons. The predicted molar refractivity (Wildman–Crippen MR) is 174 cm³/mol. The number of amides is 1. The summed E-state index contributed by atoms with van der Waals surface area (Å²) in [6, 6.07) is 11.4. The van der Waals surface area contributed by atoms with Crippen LogP contribution in [0.2, 0.25) is 0 Å². The van der Waals surface area contributed by atoms with Gasteiger partial charge in [0, 0.05) is 69.5 Å². The van der Waals surface area contributed by atoms with Crippen molar-refractivity contribution in [3.8, 4) is 17.2 Å². The minimum Gasteiger partial charge on any atom is -0.487 e. The molecule has 1 atom stereocenters. The molecule has 45 heavy (non-hydrogen) atoms. The van der Waals surface area contributed by atoms with Crippen molar-refractivity contribution in [3.63, 3.8) is 0 Å². The summed E-state index contributed by atoms with van der Waals surface area (Å²) < 4.78 is 14.3. The number of hydrogen-bond donors (Lipinski definition) is 1. The number of ether oxygens (including phenoxy) is 2. The third kappa shape index (κ3) is 6.50. The van der Waals surface area contributed by atoms with Crippen molar-refractivity contribution in [3.05, 3.63) is 84.9 Å². The maximum Gasteiger partial charge on any atom is 0.246 e. The van der Waals surface area contributed by atoms with E-state index in [4.69, 9.17) is 14.5 Å². The fraction of sp³-hybridized carbons (Fsp3) is 0.303. The van der Waals surface area contributed by atoms with Crippen molar-refractivity contribution in [2.45, 2.75) is 13.0 Å². The molecular formula is C33H37N9O3. The van der Waals surface area contributed by atoms with Crippen LogP contribution < -0.4 is 25.2 Å². The van der Waals surface area contributed by atoms with E-state index in [9.17, 15) is 4.79 Å². The average molecular weight is 608 g/mol. The summed E-state index contributed by atoms with van der Waals surface area (Å²) in [5, 5.41) is 3.42. The number of rotatable bonds is 8. The first-order valence-corrected chi connectivity index (χ1v) is 14.8. The molecule has 6 rings (SSSR count). The Morgan fingerprint density at radius 3 is 2.89 bits per heavy atom. The van der Waals surface area contributed by atoms with Crippen LogP contribution in [-0.4, -0.2) is 88.1 Å². The second-order valence-corrected chi connectivity index (χ2v) is 11.4. The van der Waals surface area contributed by atoms with E-state index >= 15 is 0 Å². The van der Waals surface area contributed by atoms with Gasteiger partial charge < -0.3 is 34.1 Å². The number of nitrogens with one attached hydrogen (secondary N) is 1. The van der Waals surface area contributed by atoms with Crippen molar-refractivity contribution < 1.29 is 14.3 Å². The standard InChI is InChI=1S/C33H37N9O3/c1-6-34-29-17-25(11-13-40(29)5)45-27-10-9-23(16-22(27)2)37-32-31-26(35-21-36-32)18-28-33(38-31)41-14-15-42(24(19-41)20-44-28)30(43)8-7-12-39(3)4/h6-11,13,16-18,21,24H,1,12,14-15,19-20H2,2-5H3,(H,35,36,37)/b8-7+,34-29-. The first-order chi connectivity index (χ1) is 21.8. The molecule has 4 aromatic rings. The summed E-state index contributed by atoms with van der Waals surface area (Å²) >= 11 is 0. The van der Waals surface area contributed by atoms with E-state index in [-0.39, 0.29) is 11.9 Å². The highest BCUT2D eigenvalue weighted by Crippen LogP contribution is 2.36. The number of fused-ring (bicyclic) bond motifs is 5. The number of carbonyl (C=O) groups is 1. The van der Waals surface area contributed by atoms with Gasteiger partial charge >= 0.3 is 0 Å². The maximum atomic E-state index is 12.9. The molecule has 232 valence electrons. The number of aromatic nitrogens is 4. The van der Waals surface area contributed by atoms with Crippen LogP contribution in [0, 0.1) is 6.92 Å². The van der Waals surface area contributed by atoms with Gasteiger partial charge in [0.05, 0.1) is 11.6 Å². The number of pyridine rings is 2. The maximum absolute atomic E-state index is 12.9. The molecular weight excluding hydrogens is 570 g/mol. The molecule has 0 saturated carbocycles. The lowest BCUT2D eigenvalue weighted by Crippen LogP contribution is -2.56. The van der Waals surface area contributed by atoms with E-state index in [2.05, 4.69) is 31.8 Å². The van der Waals surface area contributed by atoms with Crippen molar-refractivity contribution >= 4 is 34.3 Å². The van der Waals surface area contributed by atoms with Crippen LogP contribution in [0.15, 0.2) is 78.8 Å². The Morgan fingerprint density at radius 2 is 2.09 bits per heavy atom. The van der Waals surface area contributed by atoms with Gasteiger partial charge in [-0.25, -0.2) is 19.9 Å². The predicted octanol–water partition coefficient (Wildman–Crippen LogP) is 3.78. The summed E-state index contributed by atoms with van der Waals surface area (Å²) in [5.41, 5.74) is 3.82. The molecule has 1 unspecified atom stereocenters. The van der Waals surface area contributed by atoms with Crippen LogP contribution in [0.4, 0.5) is 17.3 Å². The summed E-state index contributed by atoms with van der Waals surface area (Å²) in [6.07, 6.45) is 8.47. The van der Waals surface area contributed by atoms with Crippen LogP contribution >= 0.6 is 0 Å². The summed E-state index contributed by atoms with van der Waals surface area (Å²) in [5.74, 6) is 3.39. The molecule has 12 heteroatoms. The lowest BCUT2D eigenvalue weighted by atomic mass is 10.1. The minimum absolute atomic E-state index is 0.00377. The number of benzene rings is 1. The zero-order valence-electron chi connectivity index (χ0n) is 26.0. The fourth-order valence-electron chi connectivity index (χ4n) is 5.44. The lowest BCUT2D eigenvalue weighted by Gasteiger charge is -2.39. The highest BCUT2D eigenvalue weighted by molar-refractivity contribution is 5.90. The number of likely N-dealkylation sites (N-methyl/N-ethyl adjacent to an activating group) is 1. The van der Waals surface area contributed by atoms with Crippen molar-refractivity contribution in [2.24, 2.45) is 12.0 Å². The molecule has 1 fully saturated rings. The SMILES string of the molecule is C=C/N=c1/cc(Oc2ccc(Nc3ncnc4cc5c(nc34)N3CCN(C(=O)/C=C/CN(C)C)C(CO5)C3)cc2C)ccn1C. The van der Waals surface area contributed by atoms with Gasteiger partial charge in [0.1, 0.15) is 35.4 Å². The molecule has 2 bridgehead atoms. The quantitative estimate of drug-likeness (QED) is 0.299. The Hall–Kier alpha value is -5.23. The summed E-state index contributed by atoms with van der Waals surface area (Å²) in [6.45, 7) is 8.65. The second kappa shape index (κ2) is 12.8. The Kier molecular flexibility index (Phi) is 8.47. The first kappa shape index (κ1) is 29.8. The van der Waals surface area contributed by atoms with Crippen molar-refractivity contribution in [1.29, 1.82) is 0 Å². The number of anilines is 3. The topological polar surface area (TPSA) is 113 Å². The molecule has 1 amide bonds. The van der Waals surface area contributed by atoms with E-state index in [1.807, 2.05) is 91.1 Å². The van der Waals surface area contributed by atoms with Gasteiger partial charge in [-0.3, -0.25) is 4.79 Å². The Bertz CT molecular complexity index is 1850. The van der Waals surface area contributed by atoms with E-state index in [0.717, 1.165) is 28.3 Å². The average Bonchev–Trinajstić information content (AvgIpc) is 3.15. The Labute approximate surface area is 262 Å². The van der Waals surface area contributed by atoms with Crippen LogP contribution in [0.3, 0.4) is 0 Å². The molecule has 2 aliphatic heterocycles. The lowest BCUT2D eigenvalue weighted by molar-refractivity contribution is -0.129. The molecule has 5 heterocycles. The van der Waals surface area contributed by atoms with Crippen LogP contribution in [0.25, 0.3) is 11.0 Å². The van der Waals surface area contributed by atoms with Gasteiger partial charge in [0.25, 0.3) is 0 Å². The van der Waals surface area contributed by atoms with Gasteiger partial charge in [-0.15, -0.1) is 0 Å². The molecule has 0 spiro atoms. The van der Waals surface area contributed by atoms with E-state index < -0.39 is 0 Å². The molecule has 1 N–H and O–H groups in total. The summed E-state index contributed by atoms with van der Waals surface area (Å²) in [7, 11) is 5.87. The molecule has 12 nitrogen and oxygen atoms in total. The zero-order valence-corrected chi connectivity index (χ0v) is 26.0. The third-order valence-corrected chi connectivity index (χ3v) is 7.77. The van der Waals surface area contributed by atoms with E-state index in [0.29, 0.717) is 61.1 Å². The van der Waals surface area contributed by atoms with Crippen LogP contribution in [0.1, 0.15) is 5.56 Å². The van der Waals surface area contributed by atoms with Crippen molar-refractivity contribution in [2.75, 3.05) is 57.1 Å². The minimum atomic E-state index is -0.0819. The summed E-state index contributed by atoms with van der Waals surface area (Å²) in [4.78, 5) is 37.3. The molecule has 1 saturated heterocycles. The van der Waals surface area contributed by atoms with Crippen LogP contribution in [-0.2, 0) is 11.8 Å². The number of nitrogens with zero attached hydrogens (tertiary/aromatic N) is 8. The molecule has 0 aliphatic carbocycles. The fourth-order valence-corrected chi connectivity index (χ4v) is 5.44. The van der Waals surface area contributed by atoms with Gasteiger partial charge in [-0.05, 0) is 50.8 Å². The normalized spacial score (nSPS) is 16.5. The largest absolute Gasteiger partial charge is 0.487 e. The highest BCUT2D eigenvalue weighted by Gasteiger charge is 2.35. The molecule has 1 aromatic carbocycles. The number of piperazine rings is 1. The monoisotopic (exact) mass is 607 g/mol. The number of carbonyl (C=O) groups excluding carboxylic acids is 1. The van der Waals surface area contributed by atoms with E-state index in [1.165, 1.54) is 12.5 Å². The molecule has 3 aromatic heterocycles. The molecule has 2 aliphatic rings. The smallest absolute Gasteiger partial charge is 0.246 e. The van der Waals surface area contributed by atoms with Gasteiger partial charge in [0.2, 0.25) is 5.91 Å². The van der Waals surface area contributed by atoms with Gasteiger partial charge in [-0.2, -0.15) is 0 Å². The second-order valence-electron chi connectivity index (χ2n) is 11.4. The van der Waals surface area contributed by atoms with Crippen LogP contribution in [0.5, 0.6) is 17.2 Å². The Balaban J connectivity index is 1.21. The third-order valence-electron chi connectivity index (χ3n) is 7.77. The number of aryl methyl sites for hydroxylation is 2. The highest BCUT2D eigenvalue weighted by atomic mass is 16.5. The van der Waals surface area contributed by atoms with Crippen molar-refractivity contribution in [1.82, 2.24) is 29.3 Å². The van der Waals surface area contributed by atoms with Gasteiger partial charge in [-0.1, -0.05) is 12.7 Å².